The van der Waals surface area contributed by atoms with E-state index in [0.717, 1.165) is 29.6 Å². The number of hydrogen-bond acceptors (Lipinski definition) is 3. The first-order chi connectivity index (χ1) is 8.59. The van der Waals surface area contributed by atoms with Gasteiger partial charge < -0.3 is 10.1 Å². The summed E-state index contributed by atoms with van der Waals surface area (Å²) in [7, 11) is 1.69. The number of nitrogens with one attached hydrogen (secondary N) is 1. The van der Waals surface area contributed by atoms with Crippen LogP contribution in [0.2, 0.25) is 0 Å². The molecule has 1 aromatic rings. The van der Waals surface area contributed by atoms with Gasteiger partial charge in [0.15, 0.2) is 5.17 Å². The van der Waals surface area contributed by atoms with Crippen molar-refractivity contribution in [2.75, 3.05) is 19.4 Å². The van der Waals surface area contributed by atoms with E-state index in [1.54, 1.807) is 7.11 Å². The summed E-state index contributed by atoms with van der Waals surface area (Å²) in [5.74, 6) is 1.99. The Morgan fingerprint density at radius 1 is 1.33 bits per heavy atom. The number of methoxy groups -OCH3 is 1. The molecule has 0 radical (unpaired) electrons. The van der Waals surface area contributed by atoms with E-state index in [1.165, 1.54) is 5.56 Å². The van der Waals surface area contributed by atoms with Gasteiger partial charge in [-0.2, -0.15) is 0 Å². The van der Waals surface area contributed by atoms with Crippen LogP contribution >= 0.6 is 11.8 Å². The van der Waals surface area contributed by atoms with Gasteiger partial charge >= 0.3 is 0 Å². The molecule has 0 saturated carbocycles. The van der Waals surface area contributed by atoms with E-state index in [0.29, 0.717) is 0 Å². The monoisotopic (exact) mass is 264 g/mol. The predicted molar refractivity (Wildman–Crippen MR) is 78.7 cm³/mol. The Morgan fingerprint density at radius 3 is 2.61 bits per heavy atom. The molecule has 0 unspecified atom stereocenters. The fourth-order valence-corrected chi connectivity index (χ4v) is 2.88. The second-order valence-corrected chi connectivity index (χ2v) is 6.05. The highest BCUT2D eigenvalue weighted by Crippen LogP contribution is 2.22. The van der Waals surface area contributed by atoms with Crippen LogP contribution in [0.1, 0.15) is 19.4 Å². The van der Waals surface area contributed by atoms with E-state index in [9.17, 15) is 0 Å². The third-order valence-electron chi connectivity index (χ3n) is 2.83. The van der Waals surface area contributed by atoms with Crippen LogP contribution in [0.5, 0.6) is 5.75 Å². The lowest BCUT2D eigenvalue weighted by Gasteiger charge is -2.15. The Labute approximate surface area is 113 Å². The van der Waals surface area contributed by atoms with Crippen LogP contribution in [-0.2, 0) is 6.42 Å². The maximum absolute atomic E-state index is 5.14. The zero-order valence-corrected chi connectivity index (χ0v) is 12.0. The lowest BCUT2D eigenvalue weighted by Crippen LogP contribution is -2.36. The lowest BCUT2D eigenvalue weighted by atomic mass is 10.1. The van der Waals surface area contributed by atoms with E-state index in [2.05, 4.69) is 36.3 Å². The topological polar surface area (TPSA) is 33.6 Å². The normalized spacial score (nSPS) is 19.8. The summed E-state index contributed by atoms with van der Waals surface area (Å²) in [4.78, 5) is 4.59. The van der Waals surface area contributed by atoms with Crippen molar-refractivity contribution in [2.24, 2.45) is 4.99 Å². The number of nitrogens with zero attached hydrogens (tertiary/aromatic N) is 1. The van der Waals surface area contributed by atoms with Gasteiger partial charge in [-0.1, -0.05) is 23.9 Å². The molecule has 0 amide bonds. The molecule has 18 heavy (non-hydrogen) atoms. The van der Waals surface area contributed by atoms with Crippen molar-refractivity contribution < 1.29 is 4.74 Å². The van der Waals surface area contributed by atoms with Crippen molar-refractivity contribution in [3.05, 3.63) is 29.8 Å². The van der Waals surface area contributed by atoms with Crippen LogP contribution in [0.3, 0.4) is 0 Å². The average Bonchev–Trinajstić information content (AvgIpc) is 2.70. The maximum atomic E-state index is 5.14. The maximum Gasteiger partial charge on any atom is 0.157 e. The van der Waals surface area contributed by atoms with Crippen LogP contribution < -0.4 is 10.1 Å². The summed E-state index contributed by atoms with van der Waals surface area (Å²) in [6.07, 6.45) is 0.968. The van der Waals surface area contributed by atoms with E-state index in [1.807, 2.05) is 23.9 Å². The molecule has 1 N–H and O–H groups in total. The molecule has 0 aromatic heterocycles. The van der Waals surface area contributed by atoms with Crippen LogP contribution in [0.25, 0.3) is 0 Å². The van der Waals surface area contributed by atoms with Gasteiger partial charge in [0.2, 0.25) is 0 Å². The van der Waals surface area contributed by atoms with Crippen LogP contribution in [0.15, 0.2) is 29.3 Å². The van der Waals surface area contributed by atoms with Crippen molar-refractivity contribution in [1.29, 1.82) is 0 Å². The third kappa shape index (κ3) is 3.67. The molecule has 1 saturated heterocycles. The van der Waals surface area contributed by atoms with Gasteiger partial charge in [-0.3, -0.25) is 4.99 Å². The van der Waals surface area contributed by atoms with Crippen LogP contribution in [0, 0.1) is 0 Å². The molecule has 1 fully saturated rings. The molecule has 1 aliphatic rings. The standard InChI is InChI=1S/C14H20N2OS/c1-14(2)10-18-13(16-14)15-9-8-11-4-6-12(17-3)7-5-11/h4-7H,8-10H2,1-3H3,(H,15,16). The number of thioether (sulfide) groups is 1. The van der Waals surface area contributed by atoms with Gasteiger partial charge in [0.05, 0.1) is 7.11 Å². The zero-order valence-electron chi connectivity index (χ0n) is 11.2. The fourth-order valence-electron chi connectivity index (χ4n) is 1.77. The molecule has 3 nitrogen and oxygen atoms in total. The Bertz CT molecular complexity index is 426. The van der Waals surface area contributed by atoms with Gasteiger partial charge in [-0.05, 0) is 38.0 Å². The minimum absolute atomic E-state index is 0.184. The SMILES string of the molecule is COc1ccc(CCN=C2NC(C)(C)CS2)cc1. The molecule has 1 heterocycles. The molecule has 0 bridgehead atoms. The summed E-state index contributed by atoms with van der Waals surface area (Å²) < 4.78 is 5.14. The van der Waals surface area contributed by atoms with Gasteiger partial charge in [0.25, 0.3) is 0 Å². The Morgan fingerprint density at radius 2 is 2.06 bits per heavy atom. The average molecular weight is 264 g/mol. The minimum Gasteiger partial charge on any atom is -0.497 e. The minimum atomic E-state index is 0.184. The van der Waals surface area contributed by atoms with Crippen molar-refractivity contribution in [1.82, 2.24) is 5.32 Å². The number of ether oxygens (including phenoxy) is 1. The highest BCUT2D eigenvalue weighted by atomic mass is 32.2. The fraction of sp³-hybridized carbons (Fsp3) is 0.500. The van der Waals surface area contributed by atoms with Crippen molar-refractivity contribution in [3.63, 3.8) is 0 Å². The predicted octanol–water partition coefficient (Wildman–Crippen LogP) is 2.71. The van der Waals surface area contributed by atoms with E-state index in [-0.39, 0.29) is 5.54 Å². The Balaban J connectivity index is 1.83. The molecular formula is C14H20N2OS. The molecule has 0 aliphatic carbocycles. The summed E-state index contributed by atoms with van der Waals surface area (Å²) in [5, 5.41) is 4.51. The second kappa shape index (κ2) is 5.65. The van der Waals surface area contributed by atoms with Crippen LogP contribution in [-0.4, -0.2) is 30.1 Å². The lowest BCUT2D eigenvalue weighted by molar-refractivity contribution is 0.414. The summed E-state index contributed by atoms with van der Waals surface area (Å²) >= 11 is 1.81. The third-order valence-corrected chi connectivity index (χ3v) is 4.20. The van der Waals surface area contributed by atoms with Crippen molar-refractivity contribution in [3.8, 4) is 5.75 Å². The molecule has 4 heteroatoms. The number of aliphatic imine (C=N–C) groups is 1. The van der Waals surface area contributed by atoms with E-state index < -0.39 is 0 Å². The number of benzene rings is 1. The highest BCUT2D eigenvalue weighted by Gasteiger charge is 2.26. The summed E-state index contributed by atoms with van der Waals surface area (Å²) in [6.45, 7) is 5.23. The molecule has 0 spiro atoms. The molecule has 1 aliphatic heterocycles. The highest BCUT2D eigenvalue weighted by molar-refractivity contribution is 8.14. The molecular weight excluding hydrogens is 244 g/mol. The van der Waals surface area contributed by atoms with Crippen LogP contribution in [0.4, 0.5) is 0 Å². The van der Waals surface area contributed by atoms with E-state index >= 15 is 0 Å². The molecule has 0 atom stereocenters. The van der Waals surface area contributed by atoms with Gasteiger partial charge in [0, 0.05) is 17.8 Å². The second-order valence-electron chi connectivity index (χ2n) is 5.08. The van der Waals surface area contributed by atoms with Crippen molar-refractivity contribution in [2.45, 2.75) is 25.8 Å². The first-order valence-electron chi connectivity index (χ1n) is 6.17. The summed E-state index contributed by atoms with van der Waals surface area (Å²) in [5.41, 5.74) is 1.48. The summed E-state index contributed by atoms with van der Waals surface area (Å²) in [6, 6.07) is 8.18. The number of amidine groups is 1. The van der Waals surface area contributed by atoms with Crippen molar-refractivity contribution >= 4 is 16.9 Å². The smallest absolute Gasteiger partial charge is 0.157 e. The molecule has 98 valence electrons. The zero-order chi connectivity index (χ0) is 13.0. The number of rotatable bonds is 4. The first kappa shape index (κ1) is 13.3. The first-order valence-corrected chi connectivity index (χ1v) is 7.16. The number of hydrogen-bond donors (Lipinski definition) is 1. The van der Waals surface area contributed by atoms with Gasteiger partial charge in [-0.15, -0.1) is 0 Å². The quantitative estimate of drug-likeness (QED) is 0.908. The Hall–Kier alpha value is -1.16. The largest absolute Gasteiger partial charge is 0.497 e. The molecule has 1 aromatic carbocycles. The van der Waals surface area contributed by atoms with Gasteiger partial charge in [-0.25, -0.2) is 0 Å². The van der Waals surface area contributed by atoms with E-state index in [4.69, 9.17) is 4.74 Å². The Kier molecular flexibility index (Phi) is 4.17. The molecule has 2 rings (SSSR count). The van der Waals surface area contributed by atoms with Gasteiger partial charge in [0.1, 0.15) is 5.75 Å².